The van der Waals surface area contributed by atoms with Crippen molar-refractivity contribution in [3.63, 3.8) is 0 Å². The highest BCUT2D eigenvalue weighted by Gasteiger charge is 2.27. The minimum Gasteiger partial charge on any atom is -0.379 e. The Morgan fingerprint density at radius 1 is 1.25 bits per heavy atom. The van der Waals surface area contributed by atoms with Crippen LogP contribution >= 0.6 is 0 Å². The molecule has 2 aliphatic carbocycles. The van der Waals surface area contributed by atoms with Gasteiger partial charge in [0.15, 0.2) is 5.70 Å². The molecule has 1 heterocycles. The van der Waals surface area contributed by atoms with Gasteiger partial charge in [-0.25, -0.2) is 4.85 Å². The summed E-state index contributed by atoms with van der Waals surface area (Å²) in [7, 11) is 0. The van der Waals surface area contributed by atoms with Crippen molar-refractivity contribution in [3.05, 3.63) is 70.2 Å². The molecule has 4 rings (SSSR count). The summed E-state index contributed by atoms with van der Waals surface area (Å²) in [6.45, 7) is 21.1. The van der Waals surface area contributed by atoms with Gasteiger partial charge in [0.1, 0.15) is 0 Å². The van der Waals surface area contributed by atoms with Gasteiger partial charge in [0.05, 0.1) is 32.0 Å². The topological polar surface area (TPSA) is 55.2 Å². The summed E-state index contributed by atoms with van der Waals surface area (Å²) in [6.07, 6.45) is 9.42. The number of allylic oxidation sites excluding steroid dienone is 4. The van der Waals surface area contributed by atoms with Gasteiger partial charge in [0.25, 0.3) is 5.91 Å². The summed E-state index contributed by atoms with van der Waals surface area (Å²) in [5.74, 6) is -0.142. The normalized spacial score (nSPS) is 20.2. The molecule has 1 aromatic carbocycles. The van der Waals surface area contributed by atoms with Crippen LogP contribution in [0.2, 0.25) is 0 Å². The van der Waals surface area contributed by atoms with Crippen LogP contribution in [0.3, 0.4) is 0 Å². The molecule has 1 saturated heterocycles. The predicted molar refractivity (Wildman–Crippen MR) is 144 cm³/mol. The van der Waals surface area contributed by atoms with E-state index < -0.39 is 5.60 Å². The van der Waals surface area contributed by atoms with Gasteiger partial charge >= 0.3 is 0 Å². The molecule has 6 nitrogen and oxygen atoms in total. The third-order valence-electron chi connectivity index (χ3n) is 7.53. The fraction of sp³-hybridized carbons (Fsp3) is 0.533. The van der Waals surface area contributed by atoms with Crippen LogP contribution in [0.5, 0.6) is 0 Å². The molecule has 0 radical (unpaired) electrons. The van der Waals surface area contributed by atoms with Crippen LogP contribution in [0.15, 0.2) is 47.7 Å². The second-order valence-electron chi connectivity index (χ2n) is 11.2. The van der Waals surface area contributed by atoms with Crippen molar-refractivity contribution in [1.82, 2.24) is 4.90 Å². The monoisotopic (exact) mass is 489 g/mol. The van der Waals surface area contributed by atoms with Crippen LogP contribution < -0.4 is 5.32 Å². The van der Waals surface area contributed by atoms with Crippen molar-refractivity contribution in [1.29, 1.82) is 0 Å². The number of hydrogen-bond donors (Lipinski definition) is 1. The molecule has 0 aromatic heterocycles. The summed E-state index contributed by atoms with van der Waals surface area (Å²) < 4.78 is 11.8. The molecular weight excluding hydrogens is 450 g/mol. The van der Waals surface area contributed by atoms with Gasteiger partial charge < -0.3 is 14.8 Å². The van der Waals surface area contributed by atoms with E-state index in [4.69, 9.17) is 16.0 Å². The molecule has 1 amide bonds. The molecule has 192 valence electrons. The Hall–Kier alpha value is -2.72. The first-order chi connectivity index (χ1) is 17.2. The van der Waals surface area contributed by atoms with E-state index >= 15 is 0 Å². The maximum Gasteiger partial charge on any atom is 0.250 e. The minimum absolute atomic E-state index is 0.142. The number of morpholine rings is 1. The Morgan fingerprint density at radius 3 is 2.69 bits per heavy atom. The number of nitrogens with one attached hydrogen (secondary N) is 1. The maximum atomic E-state index is 13.0. The molecule has 36 heavy (non-hydrogen) atoms. The van der Waals surface area contributed by atoms with E-state index in [2.05, 4.69) is 61.0 Å². The molecule has 0 unspecified atom stereocenters. The molecule has 1 aliphatic heterocycles. The zero-order valence-corrected chi connectivity index (χ0v) is 22.2. The van der Waals surface area contributed by atoms with Crippen LogP contribution in [-0.2, 0) is 19.9 Å². The van der Waals surface area contributed by atoms with Crippen molar-refractivity contribution >= 4 is 17.2 Å². The number of ether oxygens (including phenoxy) is 2. The second-order valence-corrected chi connectivity index (χ2v) is 11.2. The standard InChI is InChI=1S/C30H39N3O3/c1-29(2)12-10-22(11-13-29)26-21-24(30(3,4)36-19-16-33-14-17-35-18-15-33)7-9-27(26)32-28(34)23-6-8-25(20-23)31-5/h7-10,20-21H,6,11-19H2,1-4H3,(H,32,34). The summed E-state index contributed by atoms with van der Waals surface area (Å²) in [4.78, 5) is 18.8. The zero-order chi connectivity index (χ0) is 25.8. The third-order valence-corrected chi connectivity index (χ3v) is 7.53. The summed E-state index contributed by atoms with van der Waals surface area (Å²) >= 11 is 0. The number of carbonyl (C=O) groups is 1. The van der Waals surface area contributed by atoms with Gasteiger partial charge in [-0.15, -0.1) is 0 Å². The highest BCUT2D eigenvalue weighted by Crippen LogP contribution is 2.41. The first-order valence-electron chi connectivity index (χ1n) is 13.0. The van der Waals surface area contributed by atoms with Crippen LogP contribution in [0.25, 0.3) is 10.4 Å². The largest absolute Gasteiger partial charge is 0.379 e. The van der Waals surface area contributed by atoms with E-state index in [1.807, 2.05) is 6.07 Å². The van der Waals surface area contributed by atoms with E-state index in [0.29, 0.717) is 29.7 Å². The minimum atomic E-state index is -0.458. The van der Waals surface area contributed by atoms with E-state index in [9.17, 15) is 4.79 Å². The van der Waals surface area contributed by atoms with Crippen molar-refractivity contribution in [2.45, 2.75) is 59.0 Å². The Kier molecular flexibility index (Phi) is 8.14. The van der Waals surface area contributed by atoms with E-state index in [1.54, 1.807) is 12.2 Å². The predicted octanol–water partition coefficient (Wildman–Crippen LogP) is 5.94. The van der Waals surface area contributed by atoms with E-state index in [0.717, 1.165) is 68.9 Å². The first kappa shape index (κ1) is 26.3. The molecule has 6 heteroatoms. The molecule has 1 aromatic rings. The van der Waals surface area contributed by atoms with E-state index in [1.165, 1.54) is 5.57 Å². The van der Waals surface area contributed by atoms with Crippen molar-refractivity contribution in [2.75, 3.05) is 44.8 Å². The lowest BCUT2D eigenvalue weighted by Crippen LogP contribution is -2.39. The van der Waals surface area contributed by atoms with Gasteiger partial charge in [-0.2, -0.15) is 0 Å². The molecule has 0 bridgehead atoms. The Balaban J connectivity index is 1.54. The summed E-state index contributed by atoms with van der Waals surface area (Å²) in [5, 5.41) is 3.14. The Morgan fingerprint density at radius 2 is 2.03 bits per heavy atom. The van der Waals surface area contributed by atoms with E-state index in [-0.39, 0.29) is 5.91 Å². The highest BCUT2D eigenvalue weighted by molar-refractivity contribution is 6.06. The summed E-state index contributed by atoms with van der Waals surface area (Å²) in [5.41, 5.74) is 5.25. The highest BCUT2D eigenvalue weighted by atomic mass is 16.5. The van der Waals surface area contributed by atoms with Crippen LogP contribution in [-0.4, -0.2) is 50.3 Å². The van der Waals surface area contributed by atoms with Gasteiger partial charge in [-0.05, 0) is 74.3 Å². The number of carbonyl (C=O) groups excluding carboxylic acids is 1. The van der Waals surface area contributed by atoms with Crippen LogP contribution in [0, 0.1) is 12.0 Å². The number of hydrogen-bond acceptors (Lipinski definition) is 4. The first-order valence-corrected chi connectivity index (χ1v) is 13.0. The molecule has 1 fully saturated rings. The second kappa shape index (κ2) is 11.1. The smallest absolute Gasteiger partial charge is 0.250 e. The molecular formula is C30H39N3O3. The van der Waals surface area contributed by atoms with Gasteiger partial charge in [0, 0.05) is 36.5 Å². The fourth-order valence-electron chi connectivity index (χ4n) is 4.90. The maximum absolute atomic E-state index is 13.0. The van der Waals surface area contributed by atoms with Crippen molar-refractivity contribution < 1.29 is 14.3 Å². The number of anilines is 1. The lowest BCUT2D eigenvalue weighted by molar-refractivity contribution is -0.112. The fourth-order valence-corrected chi connectivity index (χ4v) is 4.90. The number of rotatable bonds is 8. The summed E-state index contributed by atoms with van der Waals surface area (Å²) in [6, 6.07) is 6.27. The van der Waals surface area contributed by atoms with Crippen LogP contribution in [0.1, 0.15) is 64.5 Å². The SMILES string of the molecule is [C-]#[N+]C1=CCC(C(=O)Nc2ccc(C(C)(C)OCCN3CCOCC3)cc2C2=CCC(C)(C)CC2)=C1. The van der Waals surface area contributed by atoms with Crippen LogP contribution in [0.4, 0.5) is 5.69 Å². The van der Waals surface area contributed by atoms with Gasteiger partial charge in [-0.1, -0.05) is 32.1 Å². The molecule has 0 saturated carbocycles. The average Bonchev–Trinajstić information content (AvgIpc) is 3.35. The van der Waals surface area contributed by atoms with Gasteiger partial charge in [0.2, 0.25) is 0 Å². The molecule has 1 N–H and O–H groups in total. The third kappa shape index (κ3) is 6.53. The lowest BCUT2D eigenvalue weighted by Gasteiger charge is -2.32. The number of nitrogens with zero attached hydrogens (tertiary/aromatic N) is 2. The zero-order valence-electron chi connectivity index (χ0n) is 22.2. The Bertz CT molecular complexity index is 1110. The number of benzene rings is 1. The number of amides is 1. The molecule has 3 aliphatic rings. The van der Waals surface area contributed by atoms with Crippen molar-refractivity contribution in [3.8, 4) is 0 Å². The molecule has 0 spiro atoms. The lowest BCUT2D eigenvalue weighted by atomic mass is 9.76. The van der Waals surface area contributed by atoms with Crippen molar-refractivity contribution in [2.24, 2.45) is 5.41 Å². The quantitative estimate of drug-likeness (QED) is 0.460. The molecule has 0 atom stereocenters. The Labute approximate surface area is 215 Å². The average molecular weight is 490 g/mol. The van der Waals surface area contributed by atoms with Gasteiger partial charge in [-0.3, -0.25) is 9.69 Å².